The summed E-state index contributed by atoms with van der Waals surface area (Å²) < 4.78 is 10.3. The molecule has 1 aliphatic rings. The molecule has 0 saturated carbocycles. The molecule has 0 aliphatic carbocycles. The highest BCUT2D eigenvalue weighted by atomic mass is 35.5. The highest BCUT2D eigenvalue weighted by Crippen LogP contribution is 2.39. The van der Waals surface area contributed by atoms with Crippen molar-refractivity contribution < 1.29 is 9.26 Å². The molecule has 15 heavy (non-hydrogen) atoms. The smallest absolute Gasteiger partial charge is 0.187 e. The lowest BCUT2D eigenvalue weighted by Gasteiger charge is -1.94. The van der Waals surface area contributed by atoms with Gasteiger partial charge in [-0.05, 0) is 0 Å². The SMILES string of the molecule is Clc1c(-c2ccccc2)noc1C1CO1. The fourth-order valence-electron chi connectivity index (χ4n) is 1.47. The summed E-state index contributed by atoms with van der Waals surface area (Å²) in [6.07, 6.45) is 0.00228. The number of rotatable bonds is 2. The van der Waals surface area contributed by atoms with E-state index in [0.29, 0.717) is 23.1 Å². The van der Waals surface area contributed by atoms with Gasteiger partial charge in [0.25, 0.3) is 0 Å². The average molecular weight is 222 g/mol. The number of ether oxygens (including phenoxy) is 1. The first-order valence-electron chi connectivity index (χ1n) is 4.68. The van der Waals surface area contributed by atoms with Crippen LogP contribution in [0.2, 0.25) is 5.02 Å². The van der Waals surface area contributed by atoms with Crippen LogP contribution in [-0.4, -0.2) is 11.8 Å². The fraction of sp³-hybridized carbons (Fsp3) is 0.182. The molecule has 3 nitrogen and oxygen atoms in total. The molecule has 0 radical (unpaired) electrons. The third kappa shape index (κ3) is 1.54. The van der Waals surface area contributed by atoms with E-state index in [0.717, 1.165) is 5.56 Å². The predicted molar refractivity (Wildman–Crippen MR) is 55.6 cm³/mol. The van der Waals surface area contributed by atoms with Crippen molar-refractivity contribution in [3.05, 3.63) is 41.1 Å². The second-order valence-electron chi connectivity index (χ2n) is 3.40. The van der Waals surface area contributed by atoms with Crippen LogP contribution < -0.4 is 0 Å². The third-order valence-corrected chi connectivity index (χ3v) is 2.70. The Morgan fingerprint density at radius 2 is 2.00 bits per heavy atom. The highest BCUT2D eigenvalue weighted by molar-refractivity contribution is 6.33. The molecule has 1 aromatic carbocycles. The van der Waals surface area contributed by atoms with E-state index in [1.807, 2.05) is 30.3 Å². The van der Waals surface area contributed by atoms with Crippen molar-refractivity contribution in [1.29, 1.82) is 0 Å². The molecular formula is C11H8ClNO2. The maximum Gasteiger partial charge on any atom is 0.187 e. The number of nitrogens with zero attached hydrogens (tertiary/aromatic N) is 1. The van der Waals surface area contributed by atoms with Gasteiger partial charge in [-0.2, -0.15) is 0 Å². The maximum atomic E-state index is 6.16. The molecule has 1 aliphatic heterocycles. The Morgan fingerprint density at radius 3 is 2.67 bits per heavy atom. The van der Waals surface area contributed by atoms with Crippen LogP contribution in [0.1, 0.15) is 11.9 Å². The zero-order valence-electron chi connectivity index (χ0n) is 7.81. The van der Waals surface area contributed by atoms with Gasteiger partial charge in [-0.1, -0.05) is 47.1 Å². The van der Waals surface area contributed by atoms with E-state index < -0.39 is 0 Å². The summed E-state index contributed by atoms with van der Waals surface area (Å²) in [5.74, 6) is 0.635. The summed E-state index contributed by atoms with van der Waals surface area (Å²) in [4.78, 5) is 0. The summed E-state index contributed by atoms with van der Waals surface area (Å²) >= 11 is 6.16. The summed E-state index contributed by atoms with van der Waals surface area (Å²) in [6, 6.07) is 9.71. The summed E-state index contributed by atoms with van der Waals surface area (Å²) in [5.41, 5.74) is 1.64. The number of epoxide rings is 1. The second kappa shape index (κ2) is 3.36. The molecule has 0 spiro atoms. The van der Waals surface area contributed by atoms with Gasteiger partial charge < -0.3 is 9.26 Å². The topological polar surface area (TPSA) is 38.6 Å². The first kappa shape index (κ1) is 8.95. The van der Waals surface area contributed by atoms with Crippen LogP contribution in [0.5, 0.6) is 0 Å². The van der Waals surface area contributed by atoms with E-state index in [4.69, 9.17) is 20.9 Å². The van der Waals surface area contributed by atoms with Gasteiger partial charge >= 0.3 is 0 Å². The van der Waals surface area contributed by atoms with Gasteiger partial charge in [0.05, 0.1) is 6.61 Å². The van der Waals surface area contributed by atoms with Gasteiger partial charge in [0.1, 0.15) is 16.8 Å². The molecule has 1 atom stereocenters. The fourth-order valence-corrected chi connectivity index (χ4v) is 1.77. The van der Waals surface area contributed by atoms with Crippen LogP contribution in [-0.2, 0) is 4.74 Å². The minimum absolute atomic E-state index is 0.00228. The standard InChI is InChI=1S/C11H8ClNO2/c12-9-10(7-4-2-1-3-5-7)13-15-11(9)8-6-14-8/h1-5,8H,6H2. The first-order valence-corrected chi connectivity index (χ1v) is 5.06. The van der Waals surface area contributed by atoms with Crippen molar-refractivity contribution in [2.24, 2.45) is 0 Å². The van der Waals surface area contributed by atoms with Crippen LogP contribution in [0.25, 0.3) is 11.3 Å². The number of aromatic nitrogens is 1. The molecular weight excluding hydrogens is 214 g/mol. The summed E-state index contributed by atoms with van der Waals surface area (Å²) in [6.45, 7) is 0.670. The quantitative estimate of drug-likeness (QED) is 0.732. The van der Waals surface area contributed by atoms with Crippen molar-refractivity contribution >= 4 is 11.6 Å². The summed E-state index contributed by atoms with van der Waals surface area (Å²) in [7, 11) is 0. The Hall–Kier alpha value is -1.32. The van der Waals surface area contributed by atoms with Gasteiger partial charge in [0, 0.05) is 5.56 Å². The van der Waals surface area contributed by atoms with Gasteiger partial charge in [-0.15, -0.1) is 0 Å². The van der Waals surface area contributed by atoms with E-state index in [9.17, 15) is 0 Å². The minimum atomic E-state index is 0.00228. The third-order valence-electron chi connectivity index (χ3n) is 2.33. The molecule has 4 heteroatoms. The highest BCUT2D eigenvalue weighted by Gasteiger charge is 2.33. The number of benzene rings is 1. The minimum Gasteiger partial charge on any atom is -0.364 e. The zero-order chi connectivity index (χ0) is 10.3. The number of hydrogen-bond donors (Lipinski definition) is 0. The van der Waals surface area contributed by atoms with Crippen LogP contribution in [0.4, 0.5) is 0 Å². The zero-order valence-corrected chi connectivity index (χ0v) is 8.57. The van der Waals surface area contributed by atoms with Crippen LogP contribution in [0, 0.1) is 0 Å². The molecule has 1 aromatic heterocycles. The van der Waals surface area contributed by atoms with E-state index >= 15 is 0 Å². The van der Waals surface area contributed by atoms with Crippen LogP contribution in [0.15, 0.2) is 34.9 Å². The van der Waals surface area contributed by atoms with E-state index in [1.165, 1.54) is 0 Å². The van der Waals surface area contributed by atoms with E-state index in [2.05, 4.69) is 5.16 Å². The Balaban J connectivity index is 2.05. The molecule has 1 fully saturated rings. The Bertz CT molecular complexity index is 477. The number of halogens is 1. The van der Waals surface area contributed by atoms with Crippen LogP contribution in [0.3, 0.4) is 0 Å². The normalized spacial score (nSPS) is 19.1. The molecule has 2 aromatic rings. The van der Waals surface area contributed by atoms with Crippen molar-refractivity contribution in [3.8, 4) is 11.3 Å². The Morgan fingerprint density at radius 1 is 1.27 bits per heavy atom. The molecule has 1 unspecified atom stereocenters. The lowest BCUT2D eigenvalue weighted by molar-refractivity contribution is 0.327. The molecule has 76 valence electrons. The van der Waals surface area contributed by atoms with Gasteiger partial charge in [0.2, 0.25) is 0 Å². The van der Waals surface area contributed by atoms with Gasteiger partial charge in [-0.25, -0.2) is 0 Å². The van der Waals surface area contributed by atoms with Gasteiger partial charge in [0.15, 0.2) is 5.76 Å². The maximum absolute atomic E-state index is 6.16. The predicted octanol–water partition coefficient (Wildman–Crippen LogP) is 3.07. The lowest BCUT2D eigenvalue weighted by Crippen LogP contribution is -1.78. The summed E-state index contributed by atoms with van der Waals surface area (Å²) in [5, 5.41) is 4.52. The van der Waals surface area contributed by atoms with Crippen molar-refractivity contribution in [2.75, 3.05) is 6.61 Å². The molecule has 3 rings (SSSR count). The number of hydrogen-bond acceptors (Lipinski definition) is 3. The molecule has 0 N–H and O–H groups in total. The second-order valence-corrected chi connectivity index (χ2v) is 3.78. The monoisotopic (exact) mass is 221 g/mol. The molecule has 0 amide bonds. The van der Waals surface area contributed by atoms with E-state index in [1.54, 1.807) is 0 Å². The Kier molecular flexibility index (Phi) is 2.01. The molecule has 1 saturated heterocycles. The van der Waals surface area contributed by atoms with Gasteiger partial charge in [-0.3, -0.25) is 0 Å². The lowest BCUT2D eigenvalue weighted by atomic mass is 10.1. The van der Waals surface area contributed by atoms with E-state index in [-0.39, 0.29) is 6.10 Å². The van der Waals surface area contributed by atoms with Crippen LogP contribution >= 0.6 is 11.6 Å². The molecule has 2 heterocycles. The van der Waals surface area contributed by atoms with Crippen molar-refractivity contribution in [2.45, 2.75) is 6.10 Å². The molecule has 0 bridgehead atoms. The van der Waals surface area contributed by atoms with Crippen molar-refractivity contribution in [1.82, 2.24) is 5.16 Å². The largest absolute Gasteiger partial charge is 0.364 e. The van der Waals surface area contributed by atoms with Crippen molar-refractivity contribution in [3.63, 3.8) is 0 Å². The average Bonchev–Trinajstić information content (AvgIpc) is 3.04. The Labute approximate surface area is 91.6 Å². The first-order chi connectivity index (χ1) is 7.36.